The second-order valence-corrected chi connectivity index (χ2v) is 4.94. The number of carbonyl (C=O) groups is 1. The Bertz CT molecular complexity index is 389. The lowest BCUT2D eigenvalue weighted by Crippen LogP contribution is -2.36. The van der Waals surface area contributed by atoms with Crippen molar-refractivity contribution in [1.29, 1.82) is 0 Å². The van der Waals surface area contributed by atoms with Gasteiger partial charge in [-0.25, -0.2) is 0 Å². The van der Waals surface area contributed by atoms with Crippen LogP contribution in [0.1, 0.15) is 24.8 Å². The molecule has 0 spiro atoms. The van der Waals surface area contributed by atoms with Gasteiger partial charge in [0.2, 0.25) is 5.91 Å². The Morgan fingerprint density at radius 1 is 1.40 bits per heavy atom. The molecule has 0 bridgehead atoms. The van der Waals surface area contributed by atoms with Crippen molar-refractivity contribution < 1.29 is 4.79 Å². The molecule has 0 aliphatic heterocycles. The van der Waals surface area contributed by atoms with Gasteiger partial charge in [0, 0.05) is 24.9 Å². The smallest absolute Gasteiger partial charge is 0.223 e. The Kier molecular flexibility index (Phi) is 9.55. The van der Waals surface area contributed by atoms with E-state index in [0.717, 1.165) is 31.2 Å². The van der Waals surface area contributed by atoms with E-state index in [2.05, 4.69) is 10.3 Å². The Labute approximate surface area is 132 Å². The van der Waals surface area contributed by atoms with E-state index in [4.69, 9.17) is 5.73 Å². The Hall–Kier alpha value is -0.840. The molecule has 2 atom stereocenters. The molecule has 0 saturated heterocycles. The van der Waals surface area contributed by atoms with Crippen LogP contribution in [0.2, 0.25) is 0 Å². The van der Waals surface area contributed by atoms with Crippen molar-refractivity contribution in [2.45, 2.75) is 25.7 Å². The molecular formula is C14H23Cl2N3O. The molecule has 0 radical (unpaired) electrons. The molecule has 2 rings (SSSR count). The topological polar surface area (TPSA) is 68.0 Å². The minimum atomic E-state index is 0. The van der Waals surface area contributed by atoms with Gasteiger partial charge in [0.15, 0.2) is 0 Å². The second kappa shape index (κ2) is 9.97. The first kappa shape index (κ1) is 19.2. The van der Waals surface area contributed by atoms with Crippen LogP contribution in [0.25, 0.3) is 0 Å². The van der Waals surface area contributed by atoms with Gasteiger partial charge in [0.05, 0.1) is 0 Å². The van der Waals surface area contributed by atoms with E-state index in [1.165, 1.54) is 0 Å². The monoisotopic (exact) mass is 319 g/mol. The highest BCUT2D eigenvalue weighted by atomic mass is 35.5. The average Bonchev–Trinajstić information content (AvgIpc) is 2.88. The number of nitrogens with two attached hydrogens (primary N) is 1. The number of nitrogens with one attached hydrogen (secondary N) is 1. The maximum absolute atomic E-state index is 12.0. The van der Waals surface area contributed by atoms with Gasteiger partial charge < -0.3 is 11.1 Å². The van der Waals surface area contributed by atoms with E-state index in [0.29, 0.717) is 19.0 Å². The molecule has 1 aromatic heterocycles. The molecule has 3 N–H and O–H groups in total. The summed E-state index contributed by atoms with van der Waals surface area (Å²) >= 11 is 0. The van der Waals surface area contributed by atoms with Crippen LogP contribution in [0.5, 0.6) is 0 Å². The number of hydrogen-bond donors (Lipinski definition) is 2. The van der Waals surface area contributed by atoms with Crippen LogP contribution in [0, 0.1) is 11.8 Å². The SMILES string of the molecule is Cl.Cl.NC[C@H]1CCC[C@H]1C(=O)NCCc1cccnc1. The van der Waals surface area contributed by atoms with E-state index in [9.17, 15) is 4.79 Å². The summed E-state index contributed by atoms with van der Waals surface area (Å²) in [4.78, 5) is 16.1. The van der Waals surface area contributed by atoms with E-state index < -0.39 is 0 Å². The maximum Gasteiger partial charge on any atom is 0.223 e. The number of nitrogens with zero attached hydrogens (tertiary/aromatic N) is 1. The van der Waals surface area contributed by atoms with Crippen molar-refractivity contribution in [2.75, 3.05) is 13.1 Å². The van der Waals surface area contributed by atoms with E-state index in [1.54, 1.807) is 6.20 Å². The molecule has 0 aromatic carbocycles. The number of halogens is 2. The fourth-order valence-electron chi connectivity index (χ4n) is 2.67. The molecule has 114 valence electrons. The summed E-state index contributed by atoms with van der Waals surface area (Å²) in [6.07, 6.45) is 7.64. The maximum atomic E-state index is 12.0. The van der Waals surface area contributed by atoms with Crippen LogP contribution in [0.4, 0.5) is 0 Å². The van der Waals surface area contributed by atoms with Gasteiger partial charge in [-0.1, -0.05) is 12.5 Å². The number of rotatable bonds is 5. The van der Waals surface area contributed by atoms with E-state index >= 15 is 0 Å². The Balaban J connectivity index is 0.00000180. The molecule has 1 aromatic rings. The summed E-state index contributed by atoms with van der Waals surface area (Å²) in [5.74, 6) is 0.680. The van der Waals surface area contributed by atoms with Crippen LogP contribution in [-0.2, 0) is 11.2 Å². The fourth-order valence-corrected chi connectivity index (χ4v) is 2.67. The van der Waals surface area contributed by atoms with Crippen LogP contribution in [-0.4, -0.2) is 24.0 Å². The highest BCUT2D eigenvalue weighted by Crippen LogP contribution is 2.30. The first-order valence-corrected chi connectivity index (χ1v) is 6.68. The lowest BCUT2D eigenvalue weighted by molar-refractivity contribution is -0.125. The summed E-state index contributed by atoms with van der Waals surface area (Å²) < 4.78 is 0. The van der Waals surface area contributed by atoms with Crippen LogP contribution in [0.15, 0.2) is 24.5 Å². The zero-order valence-corrected chi connectivity index (χ0v) is 13.1. The molecule has 0 unspecified atom stereocenters. The van der Waals surface area contributed by atoms with Crippen molar-refractivity contribution in [2.24, 2.45) is 17.6 Å². The standard InChI is InChI=1S/C14H21N3O.2ClH/c15-9-12-4-1-5-13(12)14(18)17-8-6-11-3-2-7-16-10-11;;/h2-3,7,10,12-13H,1,4-6,8-9,15H2,(H,17,18);2*1H/t12-,13-;;/m1../s1. The van der Waals surface area contributed by atoms with E-state index in [-0.39, 0.29) is 36.6 Å². The van der Waals surface area contributed by atoms with Gasteiger partial charge in [-0.05, 0) is 43.4 Å². The third-order valence-corrected chi connectivity index (χ3v) is 3.73. The minimum Gasteiger partial charge on any atom is -0.356 e. The third-order valence-electron chi connectivity index (χ3n) is 3.73. The Morgan fingerprint density at radius 3 is 2.85 bits per heavy atom. The molecule has 20 heavy (non-hydrogen) atoms. The van der Waals surface area contributed by atoms with Gasteiger partial charge >= 0.3 is 0 Å². The largest absolute Gasteiger partial charge is 0.356 e. The molecule has 1 aliphatic rings. The lowest BCUT2D eigenvalue weighted by atomic mass is 9.95. The number of amides is 1. The zero-order valence-electron chi connectivity index (χ0n) is 11.5. The van der Waals surface area contributed by atoms with Crippen molar-refractivity contribution in [1.82, 2.24) is 10.3 Å². The second-order valence-electron chi connectivity index (χ2n) is 4.94. The van der Waals surface area contributed by atoms with Crippen molar-refractivity contribution in [3.8, 4) is 0 Å². The molecule has 1 heterocycles. The predicted molar refractivity (Wildman–Crippen MR) is 85.3 cm³/mol. The predicted octanol–water partition coefficient (Wildman–Crippen LogP) is 1.96. The summed E-state index contributed by atoms with van der Waals surface area (Å²) in [7, 11) is 0. The highest BCUT2D eigenvalue weighted by Gasteiger charge is 2.31. The number of pyridine rings is 1. The van der Waals surface area contributed by atoms with Crippen LogP contribution < -0.4 is 11.1 Å². The zero-order chi connectivity index (χ0) is 12.8. The van der Waals surface area contributed by atoms with Gasteiger partial charge in [0.1, 0.15) is 0 Å². The summed E-state index contributed by atoms with van der Waals surface area (Å²) in [6.45, 7) is 1.30. The van der Waals surface area contributed by atoms with Gasteiger partial charge in [-0.3, -0.25) is 9.78 Å². The average molecular weight is 320 g/mol. The van der Waals surface area contributed by atoms with Gasteiger partial charge in [-0.2, -0.15) is 0 Å². The molecule has 1 aliphatic carbocycles. The van der Waals surface area contributed by atoms with Crippen LogP contribution >= 0.6 is 24.8 Å². The van der Waals surface area contributed by atoms with Crippen molar-refractivity contribution >= 4 is 30.7 Å². The highest BCUT2D eigenvalue weighted by molar-refractivity contribution is 5.85. The van der Waals surface area contributed by atoms with Crippen molar-refractivity contribution in [3.05, 3.63) is 30.1 Å². The van der Waals surface area contributed by atoms with Gasteiger partial charge in [0.25, 0.3) is 0 Å². The molecular weight excluding hydrogens is 297 g/mol. The molecule has 1 amide bonds. The number of aromatic nitrogens is 1. The first-order chi connectivity index (χ1) is 8.81. The summed E-state index contributed by atoms with van der Waals surface area (Å²) in [6, 6.07) is 3.94. The summed E-state index contributed by atoms with van der Waals surface area (Å²) in [5.41, 5.74) is 6.85. The lowest BCUT2D eigenvalue weighted by Gasteiger charge is -2.17. The molecule has 4 nitrogen and oxygen atoms in total. The minimum absolute atomic E-state index is 0. The molecule has 1 saturated carbocycles. The number of carbonyl (C=O) groups excluding carboxylic acids is 1. The summed E-state index contributed by atoms with van der Waals surface area (Å²) in [5, 5.41) is 3.02. The van der Waals surface area contributed by atoms with Gasteiger partial charge in [-0.15, -0.1) is 24.8 Å². The first-order valence-electron chi connectivity index (χ1n) is 6.68. The van der Waals surface area contributed by atoms with E-state index in [1.807, 2.05) is 18.3 Å². The molecule has 1 fully saturated rings. The third kappa shape index (κ3) is 5.27. The Morgan fingerprint density at radius 2 is 2.20 bits per heavy atom. The number of hydrogen-bond acceptors (Lipinski definition) is 3. The molecule has 6 heteroatoms. The normalized spacial score (nSPS) is 20.6. The van der Waals surface area contributed by atoms with Crippen LogP contribution in [0.3, 0.4) is 0 Å². The quantitative estimate of drug-likeness (QED) is 0.871. The fraction of sp³-hybridized carbons (Fsp3) is 0.571. The van der Waals surface area contributed by atoms with Crippen molar-refractivity contribution in [3.63, 3.8) is 0 Å².